The van der Waals surface area contributed by atoms with Gasteiger partial charge in [-0.3, -0.25) is 4.79 Å². The molecule has 2 fully saturated rings. The minimum atomic E-state index is -3.83. The number of piperidine rings is 1. The SMILES string of the molecule is CCOc1ccc(S(=O)(=O)N2CC[C@@H](O)[C@@](CC3CC3)(C(=O)O)C2)cc1. The molecule has 1 saturated heterocycles. The number of aliphatic hydroxyl groups excluding tert-OH is 1. The Kier molecular flexibility index (Phi) is 5.28. The molecule has 1 aromatic rings. The molecule has 1 aromatic carbocycles. The third kappa shape index (κ3) is 3.58. The third-order valence-electron chi connectivity index (χ3n) is 5.30. The van der Waals surface area contributed by atoms with Gasteiger partial charge in [0.25, 0.3) is 0 Å². The lowest BCUT2D eigenvalue weighted by Gasteiger charge is -2.42. The predicted octanol–water partition coefficient (Wildman–Crippen LogP) is 1.71. The standard InChI is InChI=1S/C18H25NO6S/c1-2-25-14-5-7-15(8-6-14)26(23,24)19-10-9-16(20)18(12-19,17(21)22)11-13-3-4-13/h5-8,13,16,20H,2-4,9-12H2,1H3,(H,21,22)/t16-,18+/m1/s1. The van der Waals surface area contributed by atoms with Gasteiger partial charge in [-0.1, -0.05) is 12.8 Å². The molecule has 1 heterocycles. The van der Waals surface area contributed by atoms with Crippen molar-refractivity contribution in [3.63, 3.8) is 0 Å². The van der Waals surface area contributed by atoms with E-state index in [0.717, 1.165) is 12.8 Å². The Bertz CT molecular complexity index is 758. The summed E-state index contributed by atoms with van der Waals surface area (Å²) in [5.74, 6) is -0.286. The highest BCUT2D eigenvalue weighted by molar-refractivity contribution is 7.89. The summed E-state index contributed by atoms with van der Waals surface area (Å²) in [5, 5.41) is 20.2. The average Bonchev–Trinajstić information content (AvgIpc) is 3.41. The maximum atomic E-state index is 13.0. The van der Waals surface area contributed by atoms with Crippen molar-refractivity contribution in [1.29, 1.82) is 0 Å². The van der Waals surface area contributed by atoms with E-state index in [4.69, 9.17) is 4.74 Å². The fourth-order valence-electron chi connectivity index (χ4n) is 3.61. The van der Waals surface area contributed by atoms with Crippen LogP contribution < -0.4 is 4.74 Å². The van der Waals surface area contributed by atoms with Gasteiger partial charge in [0.2, 0.25) is 10.0 Å². The molecule has 2 aliphatic rings. The number of benzene rings is 1. The van der Waals surface area contributed by atoms with Crippen LogP contribution in [0.2, 0.25) is 0 Å². The van der Waals surface area contributed by atoms with E-state index in [2.05, 4.69) is 0 Å². The maximum Gasteiger partial charge on any atom is 0.313 e. The van der Waals surface area contributed by atoms with Gasteiger partial charge in [0, 0.05) is 13.1 Å². The zero-order valence-corrected chi connectivity index (χ0v) is 15.6. The van der Waals surface area contributed by atoms with Gasteiger partial charge in [0.1, 0.15) is 11.2 Å². The predicted molar refractivity (Wildman–Crippen MR) is 94.4 cm³/mol. The van der Waals surface area contributed by atoms with Crippen molar-refractivity contribution in [2.45, 2.75) is 43.6 Å². The molecule has 1 aliphatic heterocycles. The summed E-state index contributed by atoms with van der Waals surface area (Å²) < 4.78 is 32.5. The number of carbonyl (C=O) groups is 1. The fraction of sp³-hybridized carbons (Fsp3) is 0.611. The summed E-state index contributed by atoms with van der Waals surface area (Å²) in [5.41, 5.74) is -1.43. The minimum Gasteiger partial charge on any atom is -0.494 e. The first-order valence-corrected chi connectivity index (χ1v) is 10.4. The highest BCUT2D eigenvalue weighted by atomic mass is 32.2. The first-order chi connectivity index (χ1) is 12.3. The van der Waals surface area contributed by atoms with Gasteiger partial charge in [-0.05, 0) is 49.9 Å². The number of hydrogen-bond donors (Lipinski definition) is 2. The monoisotopic (exact) mass is 383 g/mol. The summed E-state index contributed by atoms with van der Waals surface area (Å²) >= 11 is 0. The molecule has 2 atom stereocenters. The van der Waals surface area contributed by atoms with Crippen LogP contribution in [0, 0.1) is 11.3 Å². The van der Waals surface area contributed by atoms with E-state index in [0.29, 0.717) is 18.8 Å². The molecule has 3 rings (SSSR count). The lowest BCUT2D eigenvalue weighted by Crippen LogP contribution is -2.57. The molecule has 0 amide bonds. The molecule has 7 nitrogen and oxygen atoms in total. The molecule has 0 bridgehead atoms. The zero-order valence-electron chi connectivity index (χ0n) is 14.8. The minimum absolute atomic E-state index is 0.100. The highest BCUT2D eigenvalue weighted by Crippen LogP contribution is 2.45. The Morgan fingerprint density at radius 1 is 1.27 bits per heavy atom. The van der Waals surface area contributed by atoms with E-state index < -0.39 is 27.5 Å². The van der Waals surface area contributed by atoms with Gasteiger partial charge in [0.15, 0.2) is 0 Å². The Balaban J connectivity index is 1.86. The Labute approximate surface area is 153 Å². The van der Waals surface area contributed by atoms with Crippen LogP contribution in [-0.2, 0) is 14.8 Å². The van der Waals surface area contributed by atoms with E-state index in [1.54, 1.807) is 12.1 Å². The average molecular weight is 383 g/mol. The van der Waals surface area contributed by atoms with Crippen LogP contribution in [0.4, 0.5) is 0 Å². The van der Waals surface area contributed by atoms with Crippen LogP contribution in [0.3, 0.4) is 0 Å². The molecule has 0 aromatic heterocycles. The molecular formula is C18H25NO6S. The number of carboxylic acids is 1. The Morgan fingerprint density at radius 3 is 2.46 bits per heavy atom. The molecule has 1 aliphatic carbocycles. The lowest BCUT2D eigenvalue weighted by atomic mass is 9.74. The van der Waals surface area contributed by atoms with Crippen LogP contribution >= 0.6 is 0 Å². The van der Waals surface area contributed by atoms with Gasteiger partial charge < -0.3 is 14.9 Å². The second-order valence-electron chi connectivity index (χ2n) is 7.16. The third-order valence-corrected chi connectivity index (χ3v) is 7.16. The number of rotatable bonds is 7. The van der Waals surface area contributed by atoms with Crippen LogP contribution in [0.1, 0.15) is 32.6 Å². The molecule has 0 spiro atoms. The zero-order chi connectivity index (χ0) is 18.9. The van der Waals surface area contributed by atoms with Crippen molar-refractivity contribution in [2.75, 3.05) is 19.7 Å². The second-order valence-corrected chi connectivity index (χ2v) is 9.09. The smallest absolute Gasteiger partial charge is 0.313 e. The molecule has 1 saturated carbocycles. The number of ether oxygens (including phenoxy) is 1. The fourth-order valence-corrected chi connectivity index (χ4v) is 5.13. The molecule has 0 radical (unpaired) electrons. The Hall–Kier alpha value is -1.64. The van der Waals surface area contributed by atoms with Crippen LogP contribution in [0.15, 0.2) is 29.2 Å². The molecule has 26 heavy (non-hydrogen) atoms. The Morgan fingerprint density at radius 2 is 1.92 bits per heavy atom. The molecule has 2 N–H and O–H groups in total. The topological polar surface area (TPSA) is 104 Å². The van der Waals surface area contributed by atoms with Gasteiger partial charge in [-0.2, -0.15) is 4.31 Å². The summed E-state index contributed by atoms with van der Waals surface area (Å²) in [6, 6.07) is 6.11. The number of nitrogens with zero attached hydrogens (tertiary/aromatic N) is 1. The van der Waals surface area contributed by atoms with Crippen molar-refractivity contribution in [3.05, 3.63) is 24.3 Å². The van der Waals surface area contributed by atoms with Crippen LogP contribution in [0.5, 0.6) is 5.75 Å². The van der Waals surface area contributed by atoms with Crippen molar-refractivity contribution >= 4 is 16.0 Å². The van der Waals surface area contributed by atoms with E-state index in [1.165, 1.54) is 16.4 Å². The lowest BCUT2D eigenvalue weighted by molar-refractivity contribution is -0.162. The second kappa shape index (κ2) is 7.17. The maximum absolute atomic E-state index is 13.0. The number of aliphatic carboxylic acids is 1. The van der Waals surface area contributed by atoms with Gasteiger partial charge in [0.05, 0.1) is 17.6 Å². The van der Waals surface area contributed by atoms with E-state index >= 15 is 0 Å². The normalized spacial score (nSPS) is 27.2. The molecular weight excluding hydrogens is 358 g/mol. The van der Waals surface area contributed by atoms with E-state index in [-0.39, 0.29) is 30.3 Å². The van der Waals surface area contributed by atoms with Gasteiger partial charge in [-0.15, -0.1) is 0 Å². The summed E-state index contributed by atoms with van der Waals surface area (Å²) in [7, 11) is -3.83. The first kappa shape index (κ1) is 19.1. The number of sulfonamides is 1. The molecule has 8 heteroatoms. The van der Waals surface area contributed by atoms with Gasteiger partial charge >= 0.3 is 5.97 Å². The quantitative estimate of drug-likeness (QED) is 0.743. The van der Waals surface area contributed by atoms with E-state index in [1.807, 2.05) is 6.92 Å². The summed E-state index contributed by atoms with van der Waals surface area (Å²) in [6.07, 6.45) is 1.28. The summed E-state index contributed by atoms with van der Waals surface area (Å²) in [4.78, 5) is 12.1. The van der Waals surface area contributed by atoms with E-state index in [9.17, 15) is 23.4 Å². The van der Waals surface area contributed by atoms with Crippen molar-refractivity contribution in [3.8, 4) is 5.75 Å². The summed E-state index contributed by atoms with van der Waals surface area (Å²) in [6.45, 7) is 2.24. The van der Waals surface area contributed by atoms with Gasteiger partial charge in [-0.25, -0.2) is 8.42 Å². The van der Waals surface area contributed by atoms with Crippen molar-refractivity contribution in [2.24, 2.45) is 11.3 Å². The number of carboxylic acid groups (broad SMARTS) is 1. The van der Waals surface area contributed by atoms with Crippen LogP contribution in [0.25, 0.3) is 0 Å². The van der Waals surface area contributed by atoms with Crippen molar-refractivity contribution in [1.82, 2.24) is 4.31 Å². The first-order valence-electron chi connectivity index (χ1n) is 8.94. The largest absolute Gasteiger partial charge is 0.494 e. The van der Waals surface area contributed by atoms with Crippen LogP contribution in [-0.4, -0.2) is 54.7 Å². The number of hydrogen-bond acceptors (Lipinski definition) is 5. The highest BCUT2D eigenvalue weighted by Gasteiger charge is 2.53. The molecule has 144 valence electrons. The molecule has 0 unspecified atom stereocenters. The number of aliphatic hydroxyl groups is 1. The van der Waals surface area contributed by atoms with Crippen molar-refractivity contribution < 1.29 is 28.2 Å².